The number of hydrogen-bond acceptors (Lipinski definition) is 4. The van der Waals surface area contributed by atoms with Gasteiger partial charge in [-0.25, -0.2) is 9.59 Å². The molecule has 0 unspecified atom stereocenters. The van der Waals surface area contributed by atoms with Gasteiger partial charge in [0.1, 0.15) is 5.60 Å². The summed E-state index contributed by atoms with van der Waals surface area (Å²) in [6, 6.07) is -1.26. The van der Waals surface area contributed by atoms with Gasteiger partial charge in [-0.05, 0) is 27.7 Å². The van der Waals surface area contributed by atoms with Gasteiger partial charge in [0.05, 0.1) is 6.10 Å². The third-order valence-electron chi connectivity index (χ3n) is 1.42. The van der Waals surface area contributed by atoms with Crippen LogP contribution in [0.1, 0.15) is 27.7 Å². The van der Waals surface area contributed by atoms with Crippen LogP contribution in [0.25, 0.3) is 0 Å². The van der Waals surface area contributed by atoms with Crippen LogP contribution in [0.4, 0.5) is 4.79 Å². The molecule has 0 radical (unpaired) electrons. The largest absolute Gasteiger partial charge is 0.465 e. The molecule has 0 aromatic carbocycles. The summed E-state index contributed by atoms with van der Waals surface area (Å²) in [5.74, 6) is -0.792. The molecule has 0 bridgehead atoms. The fourth-order valence-corrected chi connectivity index (χ4v) is 0.875. The van der Waals surface area contributed by atoms with Crippen LogP contribution in [0.5, 0.6) is 0 Å². The topological polar surface area (TPSA) is 95.9 Å². The number of amides is 1. The Kier molecular flexibility index (Phi) is 4.54. The second-order valence-electron chi connectivity index (χ2n) is 4.20. The van der Waals surface area contributed by atoms with Crippen molar-refractivity contribution in [1.82, 2.24) is 5.32 Å². The fraction of sp³-hybridized carbons (Fsp3) is 0.778. The molecule has 0 rings (SSSR count). The maximum Gasteiger partial charge on any atom is 0.405 e. The van der Waals surface area contributed by atoms with Gasteiger partial charge in [0.25, 0.3) is 0 Å². The third kappa shape index (κ3) is 5.90. The second-order valence-corrected chi connectivity index (χ2v) is 4.20. The monoisotopic (exact) mass is 219 g/mol. The van der Waals surface area contributed by atoms with Crippen LogP contribution < -0.4 is 5.32 Å². The van der Waals surface area contributed by atoms with Crippen LogP contribution >= 0.6 is 0 Å². The molecule has 0 aliphatic rings. The van der Waals surface area contributed by atoms with Crippen molar-refractivity contribution in [3.8, 4) is 0 Å². The minimum atomic E-state index is -1.38. The van der Waals surface area contributed by atoms with E-state index in [9.17, 15) is 14.7 Å². The van der Waals surface area contributed by atoms with Crippen molar-refractivity contribution in [3.63, 3.8) is 0 Å². The molecule has 15 heavy (non-hydrogen) atoms. The predicted molar refractivity (Wildman–Crippen MR) is 52.5 cm³/mol. The zero-order valence-corrected chi connectivity index (χ0v) is 9.27. The van der Waals surface area contributed by atoms with E-state index in [1.807, 2.05) is 5.32 Å². The average Bonchev–Trinajstić information content (AvgIpc) is 1.95. The summed E-state index contributed by atoms with van der Waals surface area (Å²) < 4.78 is 4.94. The van der Waals surface area contributed by atoms with Crippen molar-refractivity contribution < 1.29 is 24.5 Å². The first-order valence-electron chi connectivity index (χ1n) is 4.54. The van der Waals surface area contributed by atoms with E-state index in [0.29, 0.717) is 0 Å². The van der Waals surface area contributed by atoms with Gasteiger partial charge >= 0.3 is 12.1 Å². The Morgan fingerprint density at radius 3 is 2.07 bits per heavy atom. The summed E-state index contributed by atoms with van der Waals surface area (Å²) in [5, 5.41) is 19.5. The Bertz CT molecular complexity index is 243. The molecule has 6 nitrogen and oxygen atoms in total. The Morgan fingerprint density at radius 2 is 1.80 bits per heavy atom. The molecule has 2 atom stereocenters. The molecule has 0 aliphatic heterocycles. The van der Waals surface area contributed by atoms with Crippen molar-refractivity contribution in [2.75, 3.05) is 0 Å². The Balaban J connectivity index is 4.50. The van der Waals surface area contributed by atoms with Crippen molar-refractivity contribution in [1.29, 1.82) is 0 Å². The zero-order valence-electron chi connectivity index (χ0n) is 9.27. The van der Waals surface area contributed by atoms with Crippen LogP contribution in [0.15, 0.2) is 0 Å². The van der Waals surface area contributed by atoms with Gasteiger partial charge in [-0.15, -0.1) is 0 Å². The highest BCUT2D eigenvalue weighted by molar-refractivity contribution is 5.81. The van der Waals surface area contributed by atoms with Crippen LogP contribution in [-0.2, 0) is 9.53 Å². The van der Waals surface area contributed by atoms with E-state index >= 15 is 0 Å². The normalized spacial score (nSPS) is 15.3. The summed E-state index contributed by atoms with van der Waals surface area (Å²) in [4.78, 5) is 21.8. The van der Waals surface area contributed by atoms with Crippen LogP contribution in [0, 0.1) is 0 Å². The number of hydrogen-bond donors (Lipinski definition) is 3. The lowest BCUT2D eigenvalue weighted by Gasteiger charge is -2.25. The molecule has 0 aromatic rings. The molecule has 6 heteroatoms. The minimum Gasteiger partial charge on any atom is -0.465 e. The fourth-order valence-electron chi connectivity index (χ4n) is 0.875. The molecule has 3 N–H and O–H groups in total. The summed E-state index contributed by atoms with van der Waals surface area (Å²) in [5.41, 5.74) is -0.718. The lowest BCUT2D eigenvalue weighted by Crippen LogP contribution is -2.49. The van der Waals surface area contributed by atoms with E-state index in [-0.39, 0.29) is 0 Å². The number of ether oxygens (including phenoxy) is 1. The minimum absolute atomic E-state index is 0.718. The second kappa shape index (κ2) is 4.97. The van der Waals surface area contributed by atoms with Crippen molar-refractivity contribution in [3.05, 3.63) is 0 Å². The highest BCUT2D eigenvalue weighted by Gasteiger charge is 2.30. The smallest absolute Gasteiger partial charge is 0.405 e. The SMILES string of the molecule is C[C@@H](O)[C@H](NC(=O)O)C(=O)OC(C)(C)C. The molecular weight excluding hydrogens is 202 g/mol. The van der Waals surface area contributed by atoms with E-state index < -0.39 is 29.8 Å². The van der Waals surface area contributed by atoms with E-state index in [1.54, 1.807) is 20.8 Å². The lowest BCUT2D eigenvalue weighted by atomic mass is 10.1. The summed E-state index contributed by atoms with van der Waals surface area (Å²) in [6.45, 7) is 6.28. The maximum atomic E-state index is 11.4. The van der Waals surface area contributed by atoms with Crippen LogP contribution in [0.2, 0.25) is 0 Å². The predicted octanol–water partition coefficient (Wildman–Crippen LogP) is 0.345. The number of carbonyl (C=O) groups is 2. The number of nitrogens with one attached hydrogen (secondary N) is 1. The third-order valence-corrected chi connectivity index (χ3v) is 1.42. The summed E-state index contributed by atoms with van der Waals surface area (Å²) in [7, 11) is 0. The van der Waals surface area contributed by atoms with Crippen LogP contribution in [0.3, 0.4) is 0 Å². The summed E-state index contributed by atoms with van der Waals surface area (Å²) in [6.07, 6.45) is -2.53. The molecule has 0 saturated heterocycles. The number of aliphatic hydroxyl groups is 1. The quantitative estimate of drug-likeness (QED) is 0.595. The first-order valence-corrected chi connectivity index (χ1v) is 4.54. The molecule has 1 amide bonds. The van der Waals surface area contributed by atoms with Crippen molar-refractivity contribution in [2.24, 2.45) is 0 Å². The molecule has 88 valence electrons. The zero-order chi connectivity index (χ0) is 12.2. The lowest BCUT2D eigenvalue weighted by molar-refractivity contribution is -0.160. The van der Waals surface area contributed by atoms with Gasteiger partial charge in [0, 0.05) is 0 Å². The molecule has 0 fully saturated rings. The van der Waals surface area contributed by atoms with Gasteiger partial charge in [-0.1, -0.05) is 0 Å². The first kappa shape index (κ1) is 13.7. The highest BCUT2D eigenvalue weighted by atomic mass is 16.6. The average molecular weight is 219 g/mol. The van der Waals surface area contributed by atoms with Crippen molar-refractivity contribution >= 4 is 12.1 Å². The molecule has 0 aromatic heterocycles. The number of esters is 1. The molecule has 0 spiro atoms. The molecule has 0 heterocycles. The van der Waals surface area contributed by atoms with Gasteiger partial charge < -0.3 is 20.3 Å². The van der Waals surface area contributed by atoms with E-state index in [4.69, 9.17) is 9.84 Å². The molecule has 0 saturated carbocycles. The molecular formula is C9H17NO5. The van der Waals surface area contributed by atoms with Gasteiger partial charge in [-0.2, -0.15) is 0 Å². The Labute approximate surface area is 88.2 Å². The van der Waals surface area contributed by atoms with E-state index in [2.05, 4.69) is 0 Å². The van der Waals surface area contributed by atoms with Gasteiger partial charge in [-0.3, -0.25) is 0 Å². The number of rotatable bonds is 3. The summed E-state index contributed by atoms with van der Waals surface area (Å²) >= 11 is 0. The van der Waals surface area contributed by atoms with E-state index in [0.717, 1.165) is 0 Å². The maximum absolute atomic E-state index is 11.4. The van der Waals surface area contributed by atoms with Crippen LogP contribution in [-0.4, -0.2) is 40.0 Å². The standard InChI is InChI=1S/C9H17NO5/c1-5(11)6(10-8(13)14)7(12)15-9(2,3)4/h5-6,10-11H,1-4H3,(H,13,14)/t5-,6+/m1/s1. The van der Waals surface area contributed by atoms with Gasteiger partial charge in [0.15, 0.2) is 6.04 Å². The van der Waals surface area contributed by atoms with Crippen molar-refractivity contribution in [2.45, 2.75) is 45.4 Å². The van der Waals surface area contributed by atoms with Gasteiger partial charge in [0.2, 0.25) is 0 Å². The molecule has 0 aliphatic carbocycles. The number of aliphatic hydroxyl groups excluding tert-OH is 1. The first-order chi connectivity index (χ1) is 6.63. The number of carbonyl (C=O) groups excluding carboxylic acids is 1. The Morgan fingerprint density at radius 1 is 1.33 bits per heavy atom. The van der Waals surface area contributed by atoms with E-state index in [1.165, 1.54) is 6.92 Å². The highest BCUT2D eigenvalue weighted by Crippen LogP contribution is 2.09. The number of carboxylic acid groups (broad SMARTS) is 1. The Hall–Kier alpha value is -1.30.